The van der Waals surface area contributed by atoms with Crippen LogP contribution >= 0.6 is 11.8 Å². The molecule has 0 unspecified atom stereocenters. The average molecular weight is 556 g/mol. The molecular weight excluding hydrogens is 522 g/mol. The maximum Gasteiger partial charge on any atom is 0.244 e. The molecule has 1 fully saturated rings. The van der Waals surface area contributed by atoms with Crippen LogP contribution in [0.4, 0.5) is 0 Å². The maximum atomic E-state index is 5.76. The van der Waals surface area contributed by atoms with Gasteiger partial charge in [0.05, 0.1) is 25.3 Å². The zero-order chi connectivity index (χ0) is 28.0. The van der Waals surface area contributed by atoms with Crippen molar-refractivity contribution in [2.45, 2.75) is 65.0 Å². The van der Waals surface area contributed by atoms with Gasteiger partial charge in [-0.2, -0.15) is 30.0 Å². The van der Waals surface area contributed by atoms with Gasteiger partial charge in [0, 0.05) is 5.25 Å². The van der Waals surface area contributed by atoms with Gasteiger partial charge in [-0.05, 0) is 74.9 Å². The number of hydrogen-bond acceptors (Lipinski definition) is 10. The van der Waals surface area contributed by atoms with E-state index in [1.165, 1.54) is 19.3 Å². The number of aryl methyl sites for hydroxylation is 4. The van der Waals surface area contributed by atoms with Gasteiger partial charge in [0.2, 0.25) is 17.9 Å². The largest absolute Gasteiger partial charge is 0.496 e. The first kappa shape index (κ1) is 26.4. The number of benzene rings is 2. The summed E-state index contributed by atoms with van der Waals surface area (Å²) in [5, 5.41) is 1.16. The molecule has 2 aromatic rings. The van der Waals surface area contributed by atoms with Crippen molar-refractivity contribution < 1.29 is 9.47 Å². The standard InChI is InChI=1S/C30H33N7O2S/c1-16-12-18(3)23(21(14-16)38-5)25-31-27-32-26(24-19(4)13-17(2)15-22(24)39-6)34-29-36-30(35-28(33-25)37(27)29)40-20-10-8-7-9-11-20/h12-15,20H,7-11H2,1-6H3. The van der Waals surface area contributed by atoms with E-state index < -0.39 is 0 Å². The Hall–Kier alpha value is -3.79. The van der Waals surface area contributed by atoms with E-state index in [2.05, 4.69) is 12.1 Å². The number of guanidine groups is 3. The molecular formula is C30H33N7O2S. The molecule has 40 heavy (non-hydrogen) atoms. The molecule has 0 saturated heterocycles. The van der Waals surface area contributed by atoms with Gasteiger partial charge in [-0.1, -0.05) is 43.2 Å². The number of methoxy groups -OCH3 is 2. The first-order valence-electron chi connectivity index (χ1n) is 13.6. The van der Waals surface area contributed by atoms with E-state index in [1.54, 1.807) is 30.9 Å². The average Bonchev–Trinajstić information content (AvgIpc) is 2.92. The van der Waals surface area contributed by atoms with E-state index in [0.717, 1.165) is 46.2 Å². The number of amidine groups is 3. The molecule has 0 bridgehead atoms. The highest BCUT2D eigenvalue weighted by Crippen LogP contribution is 2.34. The molecule has 10 heteroatoms. The van der Waals surface area contributed by atoms with Gasteiger partial charge < -0.3 is 9.47 Å². The zero-order valence-electron chi connectivity index (χ0n) is 23.8. The SMILES string of the molecule is COc1cc(C)cc(C)c1C1=NC2=NC(SC3CCCCC3)=NC3=NC(c4c(C)cc(C)cc4OC)=NC(=N1)N23. The monoisotopic (exact) mass is 555 g/mol. The van der Waals surface area contributed by atoms with Crippen LogP contribution in [0.3, 0.4) is 0 Å². The molecule has 0 atom stereocenters. The number of rotatable bonds is 5. The van der Waals surface area contributed by atoms with E-state index in [4.69, 9.17) is 39.4 Å². The van der Waals surface area contributed by atoms with Gasteiger partial charge in [0.15, 0.2) is 16.8 Å². The van der Waals surface area contributed by atoms with Gasteiger partial charge >= 0.3 is 0 Å². The lowest BCUT2D eigenvalue weighted by molar-refractivity contribution is 0.413. The Labute approximate surface area is 239 Å². The Morgan fingerprint density at radius 2 is 1.15 bits per heavy atom. The molecule has 6 rings (SSSR count). The second-order valence-electron chi connectivity index (χ2n) is 10.5. The molecule has 3 aliphatic heterocycles. The molecule has 0 amide bonds. The third-order valence-corrected chi connectivity index (χ3v) is 8.61. The van der Waals surface area contributed by atoms with Crippen LogP contribution in [0.15, 0.2) is 54.2 Å². The summed E-state index contributed by atoms with van der Waals surface area (Å²) < 4.78 is 11.5. The number of aliphatic imine (C=N–C) groups is 6. The van der Waals surface area contributed by atoms with Crippen LogP contribution in [-0.2, 0) is 0 Å². The van der Waals surface area contributed by atoms with Crippen LogP contribution in [0.5, 0.6) is 11.5 Å². The number of ether oxygens (including phenoxy) is 2. The topological polar surface area (TPSA) is 95.9 Å². The van der Waals surface area contributed by atoms with Crippen molar-refractivity contribution in [3.63, 3.8) is 0 Å². The second kappa shape index (κ2) is 10.6. The Bertz CT molecular complexity index is 1520. The molecule has 0 aromatic heterocycles. The lowest BCUT2D eigenvalue weighted by Crippen LogP contribution is -2.48. The molecule has 2 aromatic carbocycles. The van der Waals surface area contributed by atoms with Crippen molar-refractivity contribution in [2.75, 3.05) is 14.2 Å². The van der Waals surface area contributed by atoms with Crippen LogP contribution in [-0.4, -0.2) is 59.1 Å². The number of hydrogen-bond donors (Lipinski definition) is 0. The Kier molecular flexibility index (Phi) is 7.04. The fourth-order valence-electron chi connectivity index (χ4n) is 5.63. The van der Waals surface area contributed by atoms with Crippen molar-refractivity contribution in [1.29, 1.82) is 0 Å². The Morgan fingerprint density at radius 3 is 1.68 bits per heavy atom. The summed E-state index contributed by atoms with van der Waals surface area (Å²) in [6.45, 7) is 8.17. The fraction of sp³-hybridized carbons (Fsp3) is 0.400. The van der Waals surface area contributed by atoms with Gasteiger partial charge in [-0.15, -0.1) is 0 Å². The van der Waals surface area contributed by atoms with Gasteiger partial charge in [-0.25, -0.2) is 4.90 Å². The highest BCUT2D eigenvalue weighted by Gasteiger charge is 2.37. The lowest BCUT2D eigenvalue weighted by atomic mass is 10.0. The van der Waals surface area contributed by atoms with Crippen molar-refractivity contribution in [3.05, 3.63) is 57.6 Å². The van der Waals surface area contributed by atoms with Gasteiger partial charge in [-0.3, -0.25) is 0 Å². The van der Waals surface area contributed by atoms with Crippen molar-refractivity contribution >= 4 is 46.5 Å². The van der Waals surface area contributed by atoms with Gasteiger partial charge in [0.1, 0.15) is 11.5 Å². The molecule has 0 radical (unpaired) electrons. The minimum atomic E-state index is 0.415. The smallest absolute Gasteiger partial charge is 0.244 e. The summed E-state index contributed by atoms with van der Waals surface area (Å²) >= 11 is 1.72. The van der Waals surface area contributed by atoms with E-state index in [1.807, 2.05) is 39.8 Å². The number of thioether (sulfide) groups is 1. The molecule has 9 nitrogen and oxygen atoms in total. The van der Waals surface area contributed by atoms with E-state index in [0.29, 0.717) is 51.5 Å². The highest BCUT2D eigenvalue weighted by molar-refractivity contribution is 8.14. The third kappa shape index (κ3) is 4.85. The predicted molar refractivity (Wildman–Crippen MR) is 164 cm³/mol. The Morgan fingerprint density at radius 1 is 0.650 bits per heavy atom. The maximum absolute atomic E-state index is 5.76. The van der Waals surface area contributed by atoms with Crippen LogP contribution in [0.1, 0.15) is 65.5 Å². The second-order valence-corrected chi connectivity index (χ2v) is 11.8. The minimum absolute atomic E-state index is 0.415. The summed E-state index contributed by atoms with van der Waals surface area (Å²) in [5.41, 5.74) is 5.87. The van der Waals surface area contributed by atoms with Crippen LogP contribution in [0, 0.1) is 27.7 Å². The molecule has 1 aliphatic carbocycles. The molecule has 1 saturated carbocycles. The summed E-state index contributed by atoms with van der Waals surface area (Å²) in [6, 6.07) is 8.19. The summed E-state index contributed by atoms with van der Waals surface area (Å²) in [5.74, 6) is 3.76. The van der Waals surface area contributed by atoms with Crippen molar-refractivity contribution in [1.82, 2.24) is 4.90 Å². The fourth-order valence-corrected chi connectivity index (χ4v) is 6.76. The zero-order valence-corrected chi connectivity index (χ0v) is 24.6. The summed E-state index contributed by atoms with van der Waals surface area (Å²) in [6.07, 6.45) is 6.10. The van der Waals surface area contributed by atoms with E-state index in [9.17, 15) is 0 Å². The Balaban J connectivity index is 1.53. The molecule has 4 aliphatic rings. The van der Waals surface area contributed by atoms with Crippen LogP contribution in [0.2, 0.25) is 0 Å². The van der Waals surface area contributed by atoms with Gasteiger partial charge in [0.25, 0.3) is 0 Å². The summed E-state index contributed by atoms with van der Waals surface area (Å²) in [4.78, 5) is 31.2. The van der Waals surface area contributed by atoms with E-state index >= 15 is 0 Å². The quantitative estimate of drug-likeness (QED) is 0.455. The van der Waals surface area contributed by atoms with Crippen molar-refractivity contribution in [2.24, 2.45) is 30.0 Å². The van der Waals surface area contributed by atoms with Crippen LogP contribution in [0.25, 0.3) is 0 Å². The first-order valence-corrected chi connectivity index (χ1v) is 14.5. The molecule has 3 heterocycles. The number of nitrogens with zero attached hydrogens (tertiary/aromatic N) is 7. The lowest BCUT2D eigenvalue weighted by Gasteiger charge is -2.31. The van der Waals surface area contributed by atoms with E-state index in [-0.39, 0.29) is 0 Å². The third-order valence-electron chi connectivity index (χ3n) is 7.41. The first-order chi connectivity index (χ1) is 19.3. The minimum Gasteiger partial charge on any atom is -0.496 e. The molecule has 0 spiro atoms. The van der Waals surface area contributed by atoms with Crippen molar-refractivity contribution in [3.8, 4) is 11.5 Å². The van der Waals surface area contributed by atoms with Crippen LogP contribution < -0.4 is 9.47 Å². The molecule has 0 N–H and O–H groups in total. The highest BCUT2D eigenvalue weighted by atomic mass is 32.2. The predicted octanol–water partition coefficient (Wildman–Crippen LogP) is 5.96. The summed E-state index contributed by atoms with van der Waals surface area (Å²) in [7, 11) is 3.33. The normalized spacial score (nSPS) is 18.6. The molecule has 206 valence electrons.